The van der Waals surface area contributed by atoms with Crippen LogP contribution in [-0.4, -0.2) is 28.6 Å². The predicted octanol–water partition coefficient (Wildman–Crippen LogP) is 1.98. The summed E-state index contributed by atoms with van der Waals surface area (Å²) >= 11 is 3.22. The van der Waals surface area contributed by atoms with Crippen molar-refractivity contribution in [2.75, 3.05) is 13.7 Å². The molecule has 1 N–H and O–H groups in total. The third-order valence-electron chi connectivity index (χ3n) is 2.37. The van der Waals surface area contributed by atoms with Gasteiger partial charge in [-0.3, -0.25) is 0 Å². The van der Waals surface area contributed by atoms with Crippen molar-refractivity contribution in [2.45, 2.75) is 13.1 Å². The molecule has 2 aromatic rings. The Kier molecular flexibility index (Phi) is 4.86. The molecule has 0 unspecified atom stereocenters. The van der Waals surface area contributed by atoms with Gasteiger partial charge in [-0.15, -0.1) is 5.10 Å². The van der Waals surface area contributed by atoms with E-state index in [-0.39, 0.29) is 5.82 Å². The minimum absolute atomic E-state index is 0.332. The fraction of sp³-hybridized carbons (Fsp3) is 0.333. The number of rotatable bonds is 6. The molecule has 0 fully saturated rings. The number of hydrogen-bond donors (Lipinski definition) is 1. The van der Waals surface area contributed by atoms with Crippen LogP contribution in [-0.2, 0) is 13.1 Å². The molecule has 0 amide bonds. The lowest BCUT2D eigenvalue weighted by atomic mass is 10.3. The van der Waals surface area contributed by atoms with Gasteiger partial charge in [-0.2, -0.15) is 0 Å². The summed E-state index contributed by atoms with van der Waals surface area (Å²) in [5.41, 5.74) is 0.871. The van der Waals surface area contributed by atoms with Crippen LogP contribution in [0.2, 0.25) is 0 Å². The van der Waals surface area contributed by atoms with Crippen LogP contribution in [0.4, 0.5) is 4.39 Å². The summed E-state index contributed by atoms with van der Waals surface area (Å²) in [5.74, 6) is 0.156. The lowest BCUT2D eigenvalue weighted by Crippen LogP contribution is -2.09. The summed E-state index contributed by atoms with van der Waals surface area (Å²) in [6.07, 6.45) is 1.85. The number of aromatic nitrogens is 3. The highest BCUT2D eigenvalue weighted by Gasteiger charge is 2.02. The SMILES string of the molecule is CNCc1cn(CCOc2cc(F)cc(Br)c2)nn1. The van der Waals surface area contributed by atoms with E-state index in [9.17, 15) is 4.39 Å². The van der Waals surface area contributed by atoms with Gasteiger partial charge in [-0.05, 0) is 19.2 Å². The van der Waals surface area contributed by atoms with E-state index in [0.717, 1.165) is 5.69 Å². The van der Waals surface area contributed by atoms with E-state index >= 15 is 0 Å². The van der Waals surface area contributed by atoms with Gasteiger partial charge in [0.1, 0.15) is 18.2 Å². The Balaban J connectivity index is 1.85. The van der Waals surface area contributed by atoms with Gasteiger partial charge in [-0.1, -0.05) is 21.1 Å². The van der Waals surface area contributed by atoms with E-state index in [1.807, 2.05) is 13.2 Å². The Hall–Kier alpha value is -1.47. The average Bonchev–Trinajstić information content (AvgIpc) is 2.76. The first-order valence-corrected chi connectivity index (χ1v) is 6.59. The number of halogens is 2. The molecule has 5 nitrogen and oxygen atoms in total. The van der Waals surface area contributed by atoms with Crippen LogP contribution >= 0.6 is 15.9 Å². The molecule has 2 rings (SSSR count). The summed E-state index contributed by atoms with van der Waals surface area (Å²) in [6, 6.07) is 4.45. The van der Waals surface area contributed by atoms with Crippen molar-refractivity contribution in [1.82, 2.24) is 20.3 Å². The fourth-order valence-corrected chi connectivity index (χ4v) is 2.02. The molecular formula is C12H14BrFN4O. The summed E-state index contributed by atoms with van der Waals surface area (Å²) < 4.78 is 20.9. The van der Waals surface area contributed by atoms with Crippen molar-refractivity contribution in [2.24, 2.45) is 0 Å². The number of ether oxygens (including phenoxy) is 1. The number of nitrogens with zero attached hydrogens (tertiary/aromatic N) is 3. The Morgan fingerprint density at radius 2 is 2.26 bits per heavy atom. The molecule has 0 bridgehead atoms. The van der Waals surface area contributed by atoms with Crippen LogP contribution < -0.4 is 10.1 Å². The Bertz CT molecular complexity index is 526. The van der Waals surface area contributed by atoms with E-state index in [1.54, 1.807) is 10.7 Å². The predicted molar refractivity (Wildman–Crippen MR) is 72.4 cm³/mol. The average molecular weight is 329 g/mol. The molecule has 1 aromatic carbocycles. The third kappa shape index (κ3) is 4.29. The van der Waals surface area contributed by atoms with Gasteiger partial charge in [-0.25, -0.2) is 9.07 Å². The zero-order chi connectivity index (χ0) is 13.7. The standard InChI is InChI=1S/C12H14BrFN4O/c1-15-7-11-8-18(17-16-11)2-3-19-12-5-9(13)4-10(14)6-12/h4-6,8,15H,2-3,7H2,1H3. The number of benzene rings is 1. The smallest absolute Gasteiger partial charge is 0.128 e. The summed E-state index contributed by atoms with van der Waals surface area (Å²) in [7, 11) is 1.85. The maximum atomic E-state index is 13.1. The maximum Gasteiger partial charge on any atom is 0.128 e. The maximum absolute atomic E-state index is 13.1. The van der Waals surface area contributed by atoms with Crippen molar-refractivity contribution in [3.8, 4) is 5.75 Å². The van der Waals surface area contributed by atoms with Crippen LogP contribution in [0, 0.1) is 5.82 Å². The summed E-state index contributed by atoms with van der Waals surface area (Å²) in [5, 5.41) is 10.9. The first-order valence-electron chi connectivity index (χ1n) is 5.80. The molecule has 102 valence electrons. The molecule has 0 saturated heterocycles. The van der Waals surface area contributed by atoms with Crippen LogP contribution in [0.3, 0.4) is 0 Å². The highest BCUT2D eigenvalue weighted by molar-refractivity contribution is 9.10. The second kappa shape index (κ2) is 6.63. The van der Waals surface area contributed by atoms with Crippen LogP contribution in [0.15, 0.2) is 28.9 Å². The molecule has 1 aromatic heterocycles. The molecule has 0 aliphatic rings. The van der Waals surface area contributed by atoms with Crippen molar-refractivity contribution in [1.29, 1.82) is 0 Å². The Labute approximate surface area is 118 Å². The molecule has 0 radical (unpaired) electrons. The zero-order valence-corrected chi connectivity index (χ0v) is 12.0. The molecule has 0 saturated carbocycles. The molecule has 7 heteroatoms. The molecule has 0 atom stereocenters. The molecule has 0 spiro atoms. The van der Waals surface area contributed by atoms with Gasteiger partial charge in [0.05, 0.1) is 12.2 Å². The van der Waals surface area contributed by atoms with Gasteiger partial charge in [0, 0.05) is 23.3 Å². The summed E-state index contributed by atoms with van der Waals surface area (Å²) in [6.45, 7) is 1.64. The van der Waals surface area contributed by atoms with Crippen LogP contribution in [0.5, 0.6) is 5.75 Å². The van der Waals surface area contributed by atoms with Crippen molar-refractivity contribution >= 4 is 15.9 Å². The van der Waals surface area contributed by atoms with E-state index in [2.05, 4.69) is 31.6 Å². The molecule has 19 heavy (non-hydrogen) atoms. The van der Waals surface area contributed by atoms with E-state index in [0.29, 0.717) is 29.9 Å². The molecule has 0 aliphatic carbocycles. The second-order valence-electron chi connectivity index (χ2n) is 3.96. The third-order valence-corrected chi connectivity index (χ3v) is 2.83. The van der Waals surface area contributed by atoms with Crippen molar-refractivity contribution < 1.29 is 9.13 Å². The first-order chi connectivity index (χ1) is 9.17. The lowest BCUT2D eigenvalue weighted by Gasteiger charge is -2.06. The Morgan fingerprint density at radius 3 is 3.00 bits per heavy atom. The normalized spacial score (nSPS) is 10.7. The highest BCUT2D eigenvalue weighted by Crippen LogP contribution is 2.20. The molecular weight excluding hydrogens is 315 g/mol. The van der Waals surface area contributed by atoms with Gasteiger partial charge in [0.25, 0.3) is 0 Å². The van der Waals surface area contributed by atoms with Gasteiger partial charge in [0.2, 0.25) is 0 Å². The zero-order valence-electron chi connectivity index (χ0n) is 10.4. The number of hydrogen-bond acceptors (Lipinski definition) is 4. The van der Waals surface area contributed by atoms with Crippen LogP contribution in [0.25, 0.3) is 0 Å². The van der Waals surface area contributed by atoms with Gasteiger partial charge < -0.3 is 10.1 Å². The van der Waals surface area contributed by atoms with Gasteiger partial charge in [0.15, 0.2) is 0 Å². The lowest BCUT2D eigenvalue weighted by molar-refractivity contribution is 0.288. The van der Waals surface area contributed by atoms with Crippen LogP contribution in [0.1, 0.15) is 5.69 Å². The van der Waals surface area contributed by atoms with Crippen molar-refractivity contribution in [3.63, 3.8) is 0 Å². The summed E-state index contributed by atoms with van der Waals surface area (Å²) in [4.78, 5) is 0. The van der Waals surface area contributed by atoms with E-state index < -0.39 is 0 Å². The first kappa shape index (κ1) is 14.0. The molecule has 1 heterocycles. The van der Waals surface area contributed by atoms with E-state index in [1.165, 1.54) is 12.1 Å². The number of nitrogens with one attached hydrogen (secondary N) is 1. The highest BCUT2D eigenvalue weighted by atomic mass is 79.9. The van der Waals surface area contributed by atoms with Gasteiger partial charge >= 0.3 is 0 Å². The molecule has 0 aliphatic heterocycles. The Morgan fingerprint density at radius 1 is 1.42 bits per heavy atom. The van der Waals surface area contributed by atoms with E-state index in [4.69, 9.17) is 4.74 Å². The largest absolute Gasteiger partial charge is 0.492 e. The fourth-order valence-electron chi connectivity index (χ4n) is 1.58. The minimum atomic E-state index is -0.332. The topological polar surface area (TPSA) is 52.0 Å². The quantitative estimate of drug-likeness (QED) is 0.881. The minimum Gasteiger partial charge on any atom is -0.492 e. The monoisotopic (exact) mass is 328 g/mol. The second-order valence-corrected chi connectivity index (χ2v) is 4.87. The van der Waals surface area contributed by atoms with Crippen molar-refractivity contribution in [3.05, 3.63) is 40.4 Å².